The van der Waals surface area contributed by atoms with E-state index in [9.17, 15) is 0 Å². The Balaban J connectivity index is 1.96. The van der Waals surface area contributed by atoms with Crippen LogP contribution in [-0.2, 0) is 13.0 Å². The minimum absolute atomic E-state index is 0.680. The van der Waals surface area contributed by atoms with Crippen LogP contribution in [0.15, 0.2) is 36.7 Å². The molecule has 3 heteroatoms. The van der Waals surface area contributed by atoms with Crippen molar-refractivity contribution in [1.29, 1.82) is 0 Å². The molecular formula is C18H24N2O. The van der Waals surface area contributed by atoms with Gasteiger partial charge < -0.3 is 10.1 Å². The molecule has 3 nitrogen and oxygen atoms in total. The lowest BCUT2D eigenvalue weighted by Crippen LogP contribution is -2.12. The van der Waals surface area contributed by atoms with Gasteiger partial charge in [-0.2, -0.15) is 0 Å². The van der Waals surface area contributed by atoms with Crippen LogP contribution in [0.4, 0.5) is 0 Å². The van der Waals surface area contributed by atoms with Gasteiger partial charge in [0.05, 0.1) is 6.61 Å². The predicted molar refractivity (Wildman–Crippen MR) is 86.7 cm³/mol. The molecule has 2 rings (SSSR count). The third-order valence-electron chi connectivity index (χ3n) is 3.46. The highest BCUT2D eigenvalue weighted by molar-refractivity contribution is 5.43. The first-order valence-corrected chi connectivity index (χ1v) is 7.53. The maximum absolute atomic E-state index is 5.98. The molecule has 112 valence electrons. The minimum atomic E-state index is 0.680. The van der Waals surface area contributed by atoms with E-state index in [0.29, 0.717) is 6.61 Å². The molecule has 1 heterocycles. The highest BCUT2D eigenvalue weighted by Gasteiger charge is 2.06. The lowest BCUT2D eigenvalue weighted by atomic mass is 10.1. The van der Waals surface area contributed by atoms with Gasteiger partial charge in [0, 0.05) is 25.4 Å². The van der Waals surface area contributed by atoms with Crippen LogP contribution in [0.1, 0.15) is 29.2 Å². The number of hydrogen-bond donors (Lipinski definition) is 1. The van der Waals surface area contributed by atoms with Gasteiger partial charge in [0.1, 0.15) is 5.75 Å². The first kappa shape index (κ1) is 15.5. The van der Waals surface area contributed by atoms with Gasteiger partial charge in [0.25, 0.3) is 0 Å². The van der Waals surface area contributed by atoms with E-state index in [1.165, 1.54) is 22.3 Å². The summed E-state index contributed by atoms with van der Waals surface area (Å²) >= 11 is 0. The molecule has 0 spiro atoms. The van der Waals surface area contributed by atoms with Crippen LogP contribution >= 0.6 is 0 Å². The Bertz CT molecular complexity index is 544. The van der Waals surface area contributed by atoms with Crippen molar-refractivity contribution in [2.45, 2.75) is 33.7 Å². The van der Waals surface area contributed by atoms with Gasteiger partial charge in [0.2, 0.25) is 0 Å². The molecule has 0 fully saturated rings. The van der Waals surface area contributed by atoms with Crippen molar-refractivity contribution in [2.24, 2.45) is 0 Å². The van der Waals surface area contributed by atoms with Crippen LogP contribution in [0.2, 0.25) is 0 Å². The zero-order valence-electron chi connectivity index (χ0n) is 13.1. The molecule has 0 aliphatic rings. The number of benzene rings is 1. The van der Waals surface area contributed by atoms with E-state index in [4.69, 9.17) is 4.74 Å². The molecule has 0 atom stereocenters. The SMILES string of the molecule is CCNCc1cc(C)c(OCCc2cccnc2)c(C)c1. The monoisotopic (exact) mass is 284 g/mol. The molecule has 1 aromatic heterocycles. The summed E-state index contributed by atoms with van der Waals surface area (Å²) in [5, 5.41) is 3.36. The van der Waals surface area contributed by atoms with E-state index in [0.717, 1.165) is 25.3 Å². The van der Waals surface area contributed by atoms with Gasteiger partial charge in [-0.3, -0.25) is 4.98 Å². The van der Waals surface area contributed by atoms with E-state index in [1.54, 1.807) is 6.20 Å². The van der Waals surface area contributed by atoms with Gasteiger partial charge in [-0.15, -0.1) is 0 Å². The average molecular weight is 284 g/mol. The van der Waals surface area contributed by atoms with Gasteiger partial charge in [-0.1, -0.05) is 25.1 Å². The minimum Gasteiger partial charge on any atom is -0.493 e. The molecule has 0 radical (unpaired) electrons. The lowest BCUT2D eigenvalue weighted by Gasteiger charge is -2.14. The summed E-state index contributed by atoms with van der Waals surface area (Å²) in [4.78, 5) is 4.12. The van der Waals surface area contributed by atoms with E-state index < -0.39 is 0 Å². The largest absolute Gasteiger partial charge is 0.493 e. The first-order chi connectivity index (χ1) is 10.2. The van der Waals surface area contributed by atoms with Crippen molar-refractivity contribution in [2.75, 3.05) is 13.2 Å². The number of rotatable bonds is 7. The smallest absolute Gasteiger partial charge is 0.125 e. The van der Waals surface area contributed by atoms with Crippen LogP contribution in [0.3, 0.4) is 0 Å². The molecule has 1 N–H and O–H groups in total. The molecular weight excluding hydrogens is 260 g/mol. The maximum Gasteiger partial charge on any atom is 0.125 e. The number of aromatic nitrogens is 1. The average Bonchev–Trinajstić information content (AvgIpc) is 2.49. The number of ether oxygens (including phenoxy) is 1. The lowest BCUT2D eigenvalue weighted by molar-refractivity contribution is 0.317. The number of aryl methyl sites for hydroxylation is 2. The van der Waals surface area contributed by atoms with Crippen LogP contribution in [0.25, 0.3) is 0 Å². The van der Waals surface area contributed by atoms with Crippen LogP contribution in [0, 0.1) is 13.8 Å². The molecule has 21 heavy (non-hydrogen) atoms. The van der Waals surface area contributed by atoms with Gasteiger partial charge >= 0.3 is 0 Å². The van der Waals surface area contributed by atoms with Crippen molar-refractivity contribution in [1.82, 2.24) is 10.3 Å². The Morgan fingerprint density at radius 2 is 1.90 bits per heavy atom. The second-order valence-electron chi connectivity index (χ2n) is 5.30. The van der Waals surface area contributed by atoms with Crippen molar-refractivity contribution < 1.29 is 4.74 Å². The number of nitrogens with one attached hydrogen (secondary N) is 1. The van der Waals surface area contributed by atoms with Crippen molar-refractivity contribution >= 4 is 0 Å². The van der Waals surface area contributed by atoms with Gasteiger partial charge in [-0.05, 0) is 48.7 Å². The molecule has 0 aliphatic heterocycles. The third kappa shape index (κ3) is 4.57. The normalized spacial score (nSPS) is 10.6. The first-order valence-electron chi connectivity index (χ1n) is 7.53. The topological polar surface area (TPSA) is 34.1 Å². The van der Waals surface area contributed by atoms with Gasteiger partial charge in [0.15, 0.2) is 0 Å². The van der Waals surface area contributed by atoms with Crippen molar-refractivity contribution in [3.8, 4) is 5.75 Å². The Labute approximate surface area is 127 Å². The Kier molecular flexibility index (Phi) is 5.76. The molecule has 0 saturated carbocycles. The van der Waals surface area contributed by atoms with E-state index >= 15 is 0 Å². The molecule has 1 aromatic carbocycles. The fourth-order valence-corrected chi connectivity index (χ4v) is 2.46. The van der Waals surface area contributed by atoms with Crippen LogP contribution in [-0.4, -0.2) is 18.1 Å². The Morgan fingerprint density at radius 1 is 1.14 bits per heavy atom. The standard InChI is InChI=1S/C18H24N2O/c1-4-19-13-17-10-14(2)18(15(3)11-17)21-9-7-16-6-5-8-20-12-16/h5-6,8,10-12,19H,4,7,9,13H2,1-3H3. The van der Waals surface area contributed by atoms with E-state index in [2.05, 4.69) is 49.3 Å². The molecule has 2 aromatic rings. The Hall–Kier alpha value is -1.87. The second kappa shape index (κ2) is 7.79. The zero-order chi connectivity index (χ0) is 15.1. The highest BCUT2D eigenvalue weighted by Crippen LogP contribution is 2.25. The van der Waals surface area contributed by atoms with E-state index in [1.807, 2.05) is 12.3 Å². The summed E-state index contributed by atoms with van der Waals surface area (Å²) in [6.45, 7) is 8.93. The summed E-state index contributed by atoms with van der Waals surface area (Å²) in [5.41, 5.74) is 4.92. The van der Waals surface area contributed by atoms with Crippen molar-refractivity contribution in [3.63, 3.8) is 0 Å². The summed E-state index contributed by atoms with van der Waals surface area (Å²) in [6.07, 6.45) is 4.57. The fraction of sp³-hybridized carbons (Fsp3) is 0.389. The number of nitrogens with zero attached hydrogens (tertiary/aromatic N) is 1. The predicted octanol–water partition coefficient (Wildman–Crippen LogP) is 3.43. The fourth-order valence-electron chi connectivity index (χ4n) is 2.46. The quantitative estimate of drug-likeness (QED) is 0.846. The Morgan fingerprint density at radius 3 is 2.52 bits per heavy atom. The molecule has 0 aliphatic carbocycles. The highest BCUT2D eigenvalue weighted by atomic mass is 16.5. The zero-order valence-corrected chi connectivity index (χ0v) is 13.1. The second-order valence-corrected chi connectivity index (χ2v) is 5.30. The van der Waals surface area contributed by atoms with Crippen LogP contribution < -0.4 is 10.1 Å². The summed E-state index contributed by atoms with van der Waals surface area (Å²) < 4.78 is 5.98. The van der Waals surface area contributed by atoms with Crippen LogP contribution in [0.5, 0.6) is 5.75 Å². The maximum atomic E-state index is 5.98. The number of hydrogen-bond acceptors (Lipinski definition) is 3. The number of pyridine rings is 1. The molecule has 0 amide bonds. The molecule has 0 saturated heterocycles. The summed E-state index contributed by atoms with van der Waals surface area (Å²) in [7, 11) is 0. The molecule has 0 unspecified atom stereocenters. The summed E-state index contributed by atoms with van der Waals surface area (Å²) in [5.74, 6) is 1.01. The molecule has 0 bridgehead atoms. The summed E-state index contributed by atoms with van der Waals surface area (Å²) in [6, 6.07) is 8.45. The third-order valence-corrected chi connectivity index (χ3v) is 3.46. The van der Waals surface area contributed by atoms with Gasteiger partial charge in [-0.25, -0.2) is 0 Å². The van der Waals surface area contributed by atoms with Crippen molar-refractivity contribution in [3.05, 3.63) is 58.9 Å². The van der Waals surface area contributed by atoms with E-state index in [-0.39, 0.29) is 0 Å².